The lowest BCUT2D eigenvalue weighted by molar-refractivity contribution is 0.278. The van der Waals surface area contributed by atoms with E-state index in [1.54, 1.807) is 0 Å². The number of hydrogen-bond acceptors (Lipinski definition) is 4. The van der Waals surface area contributed by atoms with Crippen molar-refractivity contribution in [1.82, 2.24) is 0 Å². The van der Waals surface area contributed by atoms with E-state index in [2.05, 4.69) is 9.50 Å². The molecule has 2 N–H and O–H groups in total. The maximum atomic E-state index is 12.7. The van der Waals surface area contributed by atoms with Gasteiger partial charge in [-0.25, -0.2) is 8.57 Å². The third kappa shape index (κ3) is 4.75. The number of benzene rings is 1. The van der Waals surface area contributed by atoms with Crippen LogP contribution < -0.4 is 5.32 Å². The number of hydrogen-bond donors (Lipinski definition) is 2. The van der Waals surface area contributed by atoms with Gasteiger partial charge in [0, 0.05) is 12.2 Å². The van der Waals surface area contributed by atoms with Gasteiger partial charge < -0.3 is 5.32 Å². The Balaban J connectivity index is 2.41. The quantitative estimate of drug-likeness (QED) is 0.629. The van der Waals surface area contributed by atoms with Crippen LogP contribution in [0.25, 0.3) is 0 Å². The van der Waals surface area contributed by atoms with Crippen molar-refractivity contribution >= 4 is 27.7 Å². The summed E-state index contributed by atoms with van der Waals surface area (Å²) < 4.78 is 45.4. The minimum absolute atomic E-state index is 0.0410. The second-order valence-corrected chi connectivity index (χ2v) is 4.30. The molecule has 90 valence electrons. The van der Waals surface area contributed by atoms with Crippen molar-refractivity contribution in [3.05, 3.63) is 29.0 Å². The first-order valence-electron chi connectivity index (χ1n) is 4.19. The Hall–Kier alpha value is -0.890. The predicted octanol–water partition coefficient (Wildman–Crippen LogP) is 1.71. The Morgan fingerprint density at radius 2 is 2.19 bits per heavy atom. The van der Waals surface area contributed by atoms with Gasteiger partial charge in [0.2, 0.25) is 0 Å². The zero-order valence-electron chi connectivity index (χ0n) is 7.98. The predicted molar refractivity (Wildman–Crippen MR) is 57.4 cm³/mol. The van der Waals surface area contributed by atoms with E-state index < -0.39 is 16.2 Å². The molecule has 0 aliphatic carbocycles. The summed E-state index contributed by atoms with van der Waals surface area (Å²) in [5.74, 6) is -0.540. The molecular weight excluding hydrogens is 261 g/mol. The molecule has 0 unspecified atom stereocenters. The summed E-state index contributed by atoms with van der Waals surface area (Å²) in [6.07, 6.45) is 0. The van der Waals surface area contributed by atoms with Crippen LogP contribution in [0.5, 0.6) is 0 Å². The van der Waals surface area contributed by atoms with Gasteiger partial charge in [-0.3, -0.25) is 4.55 Å². The van der Waals surface area contributed by atoms with Crippen LogP contribution in [0.4, 0.5) is 10.1 Å². The zero-order valence-corrected chi connectivity index (χ0v) is 9.55. The van der Waals surface area contributed by atoms with Crippen LogP contribution in [0, 0.1) is 5.82 Å². The van der Waals surface area contributed by atoms with Gasteiger partial charge in [0.15, 0.2) is 0 Å². The largest absolute Gasteiger partial charge is 0.397 e. The molecular formula is C8H9ClFNO4S. The molecule has 0 aliphatic heterocycles. The molecule has 0 amide bonds. The minimum atomic E-state index is -4.42. The summed E-state index contributed by atoms with van der Waals surface area (Å²) >= 11 is 5.52. The van der Waals surface area contributed by atoms with E-state index in [9.17, 15) is 12.8 Å². The third-order valence-corrected chi connectivity index (χ3v) is 2.34. The van der Waals surface area contributed by atoms with Gasteiger partial charge in [0.25, 0.3) is 0 Å². The average Bonchev–Trinajstić information content (AvgIpc) is 2.17. The molecule has 0 bridgehead atoms. The smallest absolute Gasteiger partial charge is 0.383 e. The summed E-state index contributed by atoms with van der Waals surface area (Å²) in [5, 5.41) is 2.69. The normalized spacial score (nSPS) is 11.4. The van der Waals surface area contributed by atoms with Crippen molar-refractivity contribution in [2.24, 2.45) is 0 Å². The summed E-state index contributed by atoms with van der Waals surface area (Å²) in [7, 11) is -4.42. The van der Waals surface area contributed by atoms with Gasteiger partial charge in [-0.05, 0) is 18.2 Å². The first-order chi connectivity index (χ1) is 7.38. The summed E-state index contributed by atoms with van der Waals surface area (Å²) in [4.78, 5) is 0. The highest BCUT2D eigenvalue weighted by molar-refractivity contribution is 7.80. The van der Waals surface area contributed by atoms with Crippen LogP contribution in [0.1, 0.15) is 0 Å². The maximum absolute atomic E-state index is 12.7. The monoisotopic (exact) mass is 269 g/mol. The fraction of sp³-hybridized carbons (Fsp3) is 0.250. The molecule has 0 heterocycles. The first kappa shape index (κ1) is 13.2. The van der Waals surface area contributed by atoms with Crippen LogP contribution >= 0.6 is 11.6 Å². The zero-order chi connectivity index (χ0) is 12.2. The molecule has 0 radical (unpaired) electrons. The molecule has 8 heteroatoms. The minimum Gasteiger partial charge on any atom is -0.383 e. The highest BCUT2D eigenvalue weighted by atomic mass is 35.5. The van der Waals surface area contributed by atoms with Gasteiger partial charge in [-0.15, -0.1) is 0 Å². The van der Waals surface area contributed by atoms with Crippen molar-refractivity contribution in [3.8, 4) is 0 Å². The molecule has 5 nitrogen and oxygen atoms in total. The van der Waals surface area contributed by atoms with Gasteiger partial charge >= 0.3 is 10.4 Å². The van der Waals surface area contributed by atoms with Crippen LogP contribution in [-0.2, 0) is 14.6 Å². The van der Waals surface area contributed by atoms with Crippen LogP contribution in [0.3, 0.4) is 0 Å². The lowest BCUT2D eigenvalue weighted by Crippen LogP contribution is -2.13. The summed E-state index contributed by atoms with van der Waals surface area (Å²) in [6.45, 7) is -0.115. The Kier molecular flexibility index (Phi) is 4.48. The van der Waals surface area contributed by atoms with Crippen LogP contribution in [0.2, 0.25) is 5.02 Å². The molecule has 1 rings (SSSR count). The van der Waals surface area contributed by atoms with Crippen molar-refractivity contribution in [2.45, 2.75) is 0 Å². The Labute approximate surface area is 97.1 Å². The van der Waals surface area contributed by atoms with E-state index in [0.717, 1.165) is 0 Å². The standard InChI is InChI=1S/C8H9ClFNO4S/c9-7-5-6(1-2-8(7)10)11-3-4-15-16(12,13)14/h1-2,5,11H,3-4H2,(H,12,13,14). The number of halogens is 2. The Morgan fingerprint density at radius 3 is 2.75 bits per heavy atom. The van der Waals surface area contributed by atoms with Crippen LogP contribution in [0.15, 0.2) is 18.2 Å². The first-order valence-corrected chi connectivity index (χ1v) is 5.93. The van der Waals surface area contributed by atoms with Crippen molar-refractivity contribution in [3.63, 3.8) is 0 Å². The van der Waals surface area contributed by atoms with Crippen molar-refractivity contribution in [2.75, 3.05) is 18.5 Å². The average molecular weight is 270 g/mol. The highest BCUT2D eigenvalue weighted by Crippen LogP contribution is 2.18. The van der Waals surface area contributed by atoms with Gasteiger partial charge in [0.05, 0.1) is 11.6 Å². The third-order valence-electron chi connectivity index (χ3n) is 1.58. The van der Waals surface area contributed by atoms with Crippen molar-refractivity contribution < 1.29 is 21.5 Å². The molecule has 0 saturated heterocycles. The molecule has 0 aromatic heterocycles. The summed E-state index contributed by atoms with van der Waals surface area (Å²) in [6, 6.07) is 3.97. The van der Waals surface area contributed by atoms with Gasteiger partial charge in [-0.2, -0.15) is 8.42 Å². The Bertz CT molecular complexity index is 465. The molecule has 1 aromatic rings. The molecule has 0 spiro atoms. The molecule has 1 aromatic carbocycles. The van der Waals surface area contributed by atoms with E-state index in [1.165, 1.54) is 18.2 Å². The second kappa shape index (κ2) is 5.44. The van der Waals surface area contributed by atoms with Gasteiger partial charge in [-0.1, -0.05) is 11.6 Å². The summed E-state index contributed by atoms with van der Waals surface area (Å²) in [5.41, 5.74) is 0.519. The maximum Gasteiger partial charge on any atom is 0.397 e. The second-order valence-electron chi connectivity index (χ2n) is 2.81. The highest BCUT2D eigenvalue weighted by Gasteiger charge is 2.04. The van der Waals surface area contributed by atoms with E-state index in [-0.39, 0.29) is 18.2 Å². The molecule has 0 fully saturated rings. The van der Waals surface area contributed by atoms with E-state index in [4.69, 9.17) is 16.2 Å². The van der Waals surface area contributed by atoms with E-state index >= 15 is 0 Å². The molecule has 16 heavy (non-hydrogen) atoms. The van der Waals surface area contributed by atoms with Crippen LogP contribution in [-0.4, -0.2) is 26.1 Å². The van der Waals surface area contributed by atoms with Crippen molar-refractivity contribution in [1.29, 1.82) is 0 Å². The molecule has 0 atom stereocenters. The number of rotatable bonds is 5. The fourth-order valence-electron chi connectivity index (χ4n) is 0.948. The fourth-order valence-corrected chi connectivity index (χ4v) is 1.42. The number of nitrogens with one attached hydrogen (secondary N) is 1. The topological polar surface area (TPSA) is 75.6 Å². The number of anilines is 1. The SMILES string of the molecule is O=S(=O)(O)OCCNc1ccc(F)c(Cl)c1. The molecule has 0 saturated carbocycles. The lowest BCUT2D eigenvalue weighted by atomic mass is 10.3. The van der Waals surface area contributed by atoms with E-state index in [1.807, 2.05) is 0 Å². The Morgan fingerprint density at radius 1 is 1.50 bits per heavy atom. The molecule has 0 aliphatic rings. The van der Waals surface area contributed by atoms with E-state index in [0.29, 0.717) is 5.69 Å². The lowest BCUT2D eigenvalue weighted by Gasteiger charge is -2.06. The van der Waals surface area contributed by atoms with Gasteiger partial charge in [0.1, 0.15) is 5.82 Å².